The van der Waals surface area contributed by atoms with E-state index in [0.29, 0.717) is 17.0 Å². The van der Waals surface area contributed by atoms with Gasteiger partial charge in [-0.25, -0.2) is 9.50 Å². The number of anilines is 1. The third-order valence-electron chi connectivity index (χ3n) is 4.74. The smallest absolute Gasteiger partial charge is 0.151 e. The maximum atomic E-state index is 10.6. The fourth-order valence-electron chi connectivity index (χ4n) is 3.51. The molecule has 4 rings (SSSR count). The molecule has 0 radical (unpaired) electrons. The van der Waals surface area contributed by atoms with Gasteiger partial charge in [-0.1, -0.05) is 0 Å². The van der Waals surface area contributed by atoms with E-state index in [1.54, 1.807) is 16.6 Å². The molecule has 22 heavy (non-hydrogen) atoms. The highest BCUT2D eigenvalue weighted by Gasteiger charge is 2.62. The van der Waals surface area contributed by atoms with Gasteiger partial charge in [-0.2, -0.15) is 5.10 Å². The van der Waals surface area contributed by atoms with E-state index in [-0.39, 0.29) is 12.5 Å². The quantitative estimate of drug-likeness (QED) is 0.574. The minimum Gasteiger partial charge on any atom is -0.394 e. The maximum Gasteiger partial charge on any atom is 0.151 e. The van der Waals surface area contributed by atoms with Gasteiger partial charge in [-0.15, -0.1) is 0 Å². The number of fused-ring (bicyclic) bond motifs is 1. The van der Waals surface area contributed by atoms with Gasteiger partial charge in [0.15, 0.2) is 5.82 Å². The first kappa shape index (κ1) is 13.9. The molecule has 1 saturated heterocycles. The fourth-order valence-corrected chi connectivity index (χ4v) is 3.51. The summed E-state index contributed by atoms with van der Waals surface area (Å²) in [6.45, 7) is -0.354. The van der Waals surface area contributed by atoms with Crippen molar-refractivity contribution in [2.45, 2.75) is 36.8 Å². The van der Waals surface area contributed by atoms with Crippen LogP contribution in [-0.4, -0.2) is 54.8 Å². The molecular weight excluding hydrogens is 288 g/mol. The van der Waals surface area contributed by atoms with Gasteiger partial charge < -0.3 is 25.8 Å². The van der Waals surface area contributed by atoms with Crippen molar-refractivity contribution in [2.24, 2.45) is 5.92 Å². The molecule has 1 aliphatic carbocycles. The number of aromatic nitrogens is 3. The number of hydrogen-bond acceptors (Lipinski definition) is 7. The molecule has 4 atom stereocenters. The van der Waals surface area contributed by atoms with E-state index in [0.717, 1.165) is 12.8 Å². The molecule has 0 unspecified atom stereocenters. The van der Waals surface area contributed by atoms with Crippen LogP contribution in [0.25, 0.3) is 5.52 Å². The molecule has 0 amide bonds. The Bertz CT molecular complexity index is 716. The van der Waals surface area contributed by atoms with Crippen LogP contribution in [0.5, 0.6) is 0 Å². The number of rotatable bonds is 3. The van der Waals surface area contributed by atoms with Gasteiger partial charge in [0, 0.05) is 0 Å². The van der Waals surface area contributed by atoms with E-state index >= 15 is 0 Å². The van der Waals surface area contributed by atoms with Crippen molar-refractivity contribution in [2.75, 3.05) is 12.3 Å². The highest BCUT2D eigenvalue weighted by molar-refractivity contribution is 5.65. The van der Waals surface area contributed by atoms with Gasteiger partial charge in [-0.3, -0.25) is 0 Å². The average Bonchev–Trinajstić information content (AvgIpc) is 3.22. The van der Waals surface area contributed by atoms with E-state index in [2.05, 4.69) is 10.1 Å². The van der Waals surface area contributed by atoms with Crippen molar-refractivity contribution < 1.29 is 20.1 Å². The minimum absolute atomic E-state index is 0.0722. The van der Waals surface area contributed by atoms with E-state index in [9.17, 15) is 15.3 Å². The molecule has 8 heteroatoms. The van der Waals surface area contributed by atoms with E-state index in [1.807, 2.05) is 0 Å². The van der Waals surface area contributed by atoms with Crippen molar-refractivity contribution in [3.8, 4) is 0 Å². The number of ether oxygens (including phenoxy) is 1. The van der Waals surface area contributed by atoms with Crippen LogP contribution in [0.4, 0.5) is 5.82 Å². The molecule has 3 heterocycles. The Kier molecular flexibility index (Phi) is 2.92. The number of nitrogen functional groups attached to an aromatic ring is 1. The lowest BCUT2D eigenvalue weighted by molar-refractivity contribution is -0.116. The predicted molar refractivity (Wildman–Crippen MR) is 75.8 cm³/mol. The summed E-state index contributed by atoms with van der Waals surface area (Å²) >= 11 is 0. The van der Waals surface area contributed by atoms with Gasteiger partial charge in [0.25, 0.3) is 0 Å². The SMILES string of the molecule is Nc1ncnn2c([C@]3(C4CC4)O[C@H](CO)[C@@H](O)[C@H]3O)ccc12. The number of hydrogen-bond donors (Lipinski definition) is 4. The van der Waals surface area contributed by atoms with Crippen LogP contribution in [-0.2, 0) is 10.3 Å². The second-order valence-electron chi connectivity index (χ2n) is 6.00. The summed E-state index contributed by atoms with van der Waals surface area (Å²) < 4.78 is 7.56. The molecule has 1 aliphatic heterocycles. The predicted octanol–water partition coefficient (Wildman–Crippen LogP) is -0.970. The van der Waals surface area contributed by atoms with Gasteiger partial charge in [0.2, 0.25) is 0 Å². The molecule has 2 aromatic heterocycles. The van der Waals surface area contributed by atoms with Crippen molar-refractivity contribution >= 4 is 11.3 Å². The average molecular weight is 306 g/mol. The molecule has 8 nitrogen and oxygen atoms in total. The Balaban J connectivity index is 1.91. The van der Waals surface area contributed by atoms with Gasteiger partial charge in [0.05, 0.1) is 12.3 Å². The van der Waals surface area contributed by atoms with Crippen LogP contribution < -0.4 is 5.73 Å². The fraction of sp³-hybridized carbons (Fsp3) is 0.571. The summed E-state index contributed by atoms with van der Waals surface area (Å²) in [6.07, 6.45) is 0.0150. The third-order valence-corrected chi connectivity index (χ3v) is 4.74. The van der Waals surface area contributed by atoms with E-state index < -0.39 is 23.9 Å². The summed E-state index contributed by atoms with van der Waals surface area (Å²) in [6, 6.07) is 3.55. The monoisotopic (exact) mass is 306 g/mol. The van der Waals surface area contributed by atoms with Gasteiger partial charge in [-0.05, 0) is 30.9 Å². The number of aliphatic hydroxyl groups is 3. The van der Waals surface area contributed by atoms with E-state index in [1.165, 1.54) is 6.33 Å². The number of nitrogens with two attached hydrogens (primary N) is 1. The van der Waals surface area contributed by atoms with Crippen molar-refractivity contribution in [1.82, 2.24) is 14.6 Å². The second kappa shape index (κ2) is 4.63. The summed E-state index contributed by atoms with van der Waals surface area (Å²) in [5, 5.41) is 34.4. The van der Waals surface area contributed by atoms with Crippen LogP contribution in [0.1, 0.15) is 18.5 Å². The Morgan fingerprint density at radius 2 is 2.14 bits per heavy atom. The lowest BCUT2D eigenvalue weighted by atomic mass is 9.86. The largest absolute Gasteiger partial charge is 0.394 e. The molecule has 5 N–H and O–H groups in total. The van der Waals surface area contributed by atoms with Gasteiger partial charge in [0.1, 0.15) is 35.8 Å². The zero-order valence-electron chi connectivity index (χ0n) is 11.8. The van der Waals surface area contributed by atoms with Crippen molar-refractivity contribution in [1.29, 1.82) is 0 Å². The summed E-state index contributed by atoms with van der Waals surface area (Å²) in [4.78, 5) is 3.95. The first-order valence-electron chi connectivity index (χ1n) is 7.33. The maximum absolute atomic E-state index is 10.6. The Morgan fingerprint density at radius 3 is 2.77 bits per heavy atom. The van der Waals surface area contributed by atoms with Crippen LogP contribution in [0.2, 0.25) is 0 Å². The van der Waals surface area contributed by atoms with E-state index in [4.69, 9.17) is 10.5 Å². The zero-order chi connectivity index (χ0) is 15.5. The molecule has 2 aliphatic rings. The summed E-state index contributed by atoms with van der Waals surface area (Å²) in [5.41, 5.74) is 6.02. The number of nitrogens with zero attached hydrogens (tertiary/aromatic N) is 3. The second-order valence-corrected chi connectivity index (χ2v) is 6.00. The Morgan fingerprint density at radius 1 is 1.36 bits per heavy atom. The third kappa shape index (κ3) is 1.66. The molecular formula is C14H18N4O4. The Hall–Kier alpha value is -1.74. The molecule has 118 valence electrons. The summed E-state index contributed by atoms with van der Waals surface area (Å²) in [7, 11) is 0. The highest BCUT2D eigenvalue weighted by atomic mass is 16.6. The normalized spacial score (nSPS) is 35.3. The summed E-state index contributed by atoms with van der Waals surface area (Å²) in [5.74, 6) is 0.405. The standard InChI is InChI=1S/C14H18N4O4/c15-13-8-3-4-10(18(8)17-6-16-13)14(7-1-2-7)12(21)11(20)9(5-19)22-14/h3-4,6-7,9,11-12,19-21H,1-2,5H2,(H2,15,16,17)/t9-,11-,12-,14+/m1/s1. The molecule has 0 bridgehead atoms. The van der Waals surface area contributed by atoms with Crippen LogP contribution in [0, 0.1) is 5.92 Å². The molecule has 2 fully saturated rings. The van der Waals surface area contributed by atoms with Crippen molar-refractivity contribution in [3.05, 3.63) is 24.2 Å². The Labute approximate surface area is 126 Å². The van der Waals surface area contributed by atoms with Crippen LogP contribution >= 0.6 is 0 Å². The van der Waals surface area contributed by atoms with Crippen LogP contribution in [0.3, 0.4) is 0 Å². The number of aliphatic hydroxyl groups excluding tert-OH is 3. The van der Waals surface area contributed by atoms with Gasteiger partial charge >= 0.3 is 0 Å². The topological polar surface area (TPSA) is 126 Å². The minimum atomic E-state index is -1.14. The molecule has 0 aromatic carbocycles. The lowest BCUT2D eigenvalue weighted by Crippen LogP contribution is -2.43. The lowest BCUT2D eigenvalue weighted by Gasteiger charge is -2.32. The first-order valence-corrected chi connectivity index (χ1v) is 7.33. The van der Waals surface area contributed by atoms with Crippen LogP contribution in [0.15, 0.2) is 18.5 Å². The highest BCUT2D eigenvalue weighted by Crippen LogP contribution is 2.55. The zero-order valence-corrected chi connectivity index (χ0v) is 11.8. The molecule has 1 saturated carbocycles. The molecule has 2 aromatic rings. The first-order chi connectivity index (χ1) is 10.6. The van der Waals surface area contributed by atoms with Crippen molar-refractivity contribution in [3.63, 3.8) is 0 Å². The molecule has 0 spiro atoms.